The lowest BCUT2D eigenvalue weighted by atomic mass is 10.0. The molecule has 0 saturated carbocycles. The quantitative estimate of drug-likeness (QED) is 0.0430. The van der Waals surface area contributed by atoms with E-state index < -0.39 is 17.8 Å². The fourth-order valence-electron chi connectivity index (χ4n) is 11.3. The van der Waals surface area contributed by atoms with Crippen LogP contribution >= 0.6 is 0 Å². The fourth-order valence-corrected chi connectivity index (χ4v) is 11.3. The third kappa shape index (κ3) is 20.8. The van der Waals surface area contributed by atoms with E-state index in [0.29, 0.717) is 38.0 Å². The second kappa shape index (κ2) is 33.9. The van der Waals surface area contributed by atoms with Crippen molar-refractivity contribution in [2.24, 2.45) is 0 Å². The molecule has 0 spiro atoms. The van der Waals surface area contributed by atoms with E-state index in [0.717, 1.165) is 101 Å². The predicted molar refractivity (Wildman–Crippen MR) is 342 cm³/mol. The van der Waals surface area contributed by atoms with Gasteiger partial charge in [0.05, 0.1) is 11.6 Å². The summed E-state index contributed by atoms with van der Waals surface area (Å²) in [5, 5.41) is 3.60. The van der Waals surface area contributed by atoms with Crippen LogP contribution in [0.2, 0.25) is 0 Å². The summed E-state index contributed by atoms with van der Waals surface area (Å²) in [6.45, 7) is 13.0. The van der Waals surface area contributed by atoms with Crippen molar-refractivity contribution in [1.29, 1.82) is 0 Å². The Hall–Kier alpha value is -7.64. The van der Waals surface area contributed by atoms with Crippen LogP contribution in [0.5, 0.6) is 0 Å². The highest BCUT2D eigenvalue weighted by molar-refractivity contribution is 5.96. The molecule has 2 heterocycles. The van der Waals surface area contributed by atoms with Crippen LogP contribution in [-0.2, 0) is 72.4 Å². The molecule has 0 radical (unpaired) electrons. The SMILES string of the molecule is CCCCCc1ccc(CN(C(=O)/C=C/c2ccc(C(F)(F)F)cc2)[C@@H](Cc2ccccc2)C(=O)N2CCN(Cc3ccccc3)CC2)cc1.CCCCCc1ccc(CN[C@@H](Cc2ccccc2)C(=O)N2CCN(Cc3ccccc3)CC2)cc1. The van der Waals surface area contributed by atoms with Crippen molar-refractivity contribution in [3.05, 3.63) is 256 Å². The first kappa shape index (κ1) is 64.4. The van der Waals surface area contributed by atoms with E-state index in [1.54, 1.807) is 4.90 Å². The van der Waals surface area contributed by atoms with Gasteiger partial charge in [-0.05, 0) is 100 Å². The predicted octanol–water partition coefficient (Wildman–Crippen LogP) is 13.9. The van der Waals surface area contributed by atoms with Crippen molar-refractivity contribution in [3.63, 3.8) is 0 Å². The van der Waals surface area contributed by atoms with E-state index in [1.807, 2.05) is 71.6 Å². The van der Waals surface area contributed by atoms with Crippen LogP contribution in [-0.4, -0.2) is 107 Å². The van der Waals surface area contributed by atoms with Crippen LogP contribution in [0, 0.1) is 0 Å². The number of unbranched alkanes of at least 4 members (excludes halogenated alkanes) is 4. The number of aryl methyl sites for hydroxylation is 2. The summed E-state index contributed by atoms with van der Waals surface area (Å²) in [4.78, 5) is 52.6. The smallest absolute Gasteiger partial charge is 0.339 e. The second-order valence-electron chi connectivity index (χ2n) is 23.0. The summed E-state index contributed by atoms with van der Waals surface area (Å²) >= 11 is 0. The Kier molecular flexibility index (Phi) is 25.4. The number of carbonyl (C=O) groups excluding carboxylic acids is 3. The number of halogens is 3. The molecule has 2 fully saturated rings. The Morgan fingerprint density at radius 2 is 0.895 bits per heavy atom. The normalized spacial score (nSPS) is 14.8. The number of hydrogen-bond donors (Lipinski definition) is 1. The number of alkyl halides is 3. The van der Waals surface area contributed by atoms with Crippen LogP contribution in [0.1, 0.15) is 108 Å². The first-order chi connectivity index (χ1) is 41.9. The molecular weight excluding hydrogens is 1080 g/mol. The topological polar surface area (TPSA) is 79.4 Å². The minimum absolute atomic E-state index is 0.110. The standard InChI is InChI=1S/C42H46F3N3O2.C32H41N3O/c1-2-3-6-11-33-16-18-37(19-17-33)32-48(40(49)25-22-34-20-23-38(24-21-34)42(43,44)45)39(30-35-12-7-4-8-13-35)41(50)47-28-26-46(27-29-47)31-36-14-9-5-10-15-36;1-2-3-6-11-27-16-18-29(19-17-27)25-33-31(24-28-12-7-4-8-13-28)32(36)35-22-20-34(21-23-35)26-30-14-9-5-10-15-30/h4-5,7-10,12-25,39H,2-3,6,11,26-32H2,1H3;4-5,7-10,12-19,31,33H,2-3,6,11,20-26H2,1H3/b25-22+;/t39-;31-/m00/s1. The van der Waals surface area contributed by atoms with Gasteiger partial charge in [0.2, 0.25) is 17.7 Å². The van der Waals surface area contributed by atoms with Gasteiger partial charge in [0.25, 0.3) is 0 Å². The van der Waals surface area contributed by atoms with Gasteiger partial charge in [0, 0.05) is 91.0 Å². The van der Waals surface area contributed by atoms with E-state index in [-0.39, 0.29) is 30.3 Å². The van der Waals surface area contributed by atoms with Gasteiger partial charge in [-0.3, -0.25) is 24.2 Å². The summed E-state index contributed by atoms with van der Waals surface area (Å²) in [6, 6.07) is 61.7. The molecule has 9 nitrogen and oxygen atoms in total. The van der Waals surface area contributed by atoms with Crippen molar-refractivity contribution >= 4 is 23.8 Å². The Labute approximate surface area is 509 Å². The van der Waals surface area contributed by atoms with Crippen LogP contribution in [0.25, 0.3) is 6.08 Å². The zero-order valence-electron chi connectivity index (χ0n) is 50.4. The van der Waals surface area contributed by atoms with Gasteiger partial charge in [-0.25, -0.2) is 0 Å². The molecule has 0 aromatic heterocycles. The summed E-state index contributed by atoms with van der Waals surface area (Å²) in [5.41, 5.74) is 9.15. The minimum atomic E-state index is -4.45. The molecule has 2 aliphatic heterocycles. The van der Waals surface area contributed by atoms with Crippen LogP contribution < -0.4 is 5.32 Å². The van der Waals surface area contributed by atoms with Crippen LogP contribution in [0.3, 0.4) is 0 Å². The third-order valence-electron chi connectivity index (χ3n) is 16.4. The van der Waals surface area contributed by atoms with Gasteiger partial charge < -0.3 is 20.0 Å². The maximum atomic E-state index is 14.5. The molecule has 2 saturated heterocycles. The number of nitrogens with one attached hydrogen (secondary N) is 1. The average Bonchev–Trinajstić information content (AvgIpc) is 3.51. The summed E-state index contributed by atoms with van der Waals surface area (Å²) in [6.07, 6.45) is 8.81. The number of rotatable bonds is 26. The molecule has 86 heavy (non-hydrogen) atoms. The summed E-state index contributed by atoms with van der Waals surface area (Å²) in [5.74, 6) is -0.274. The maximum absolute atomic E-state index is 14.5. The molecule has 452 valence electrons. The molecule has 1 N–H and O–H groups in total. The average molecular weight is 1170 g/mol. The Balaban J connectivity index is 0.000000236. The number of benzene rings is 7. The van der Waals surface area contributed by atoms with Crippen molar-refractivity contribution in [2.45, 2.75) is 122 Å². The summed E-state index contributed by atoms with van der Waals surface area (Å²) in [7, 11) is 0. The van der Waals surface area contributed by atoms with Gasteiger partial charge in [0.15, 0.2) is 0 Å². The lowest BCUT2D eigenvalue weighted by Crippen LogP contribution is -2.56. The monoisotopic (exact) mass is 1160 g/mol. The molecule has 0 bridgehead atoms. The Morgan fingerprint density at radius 3 is 1.35 bits per heavy atom. The van der Waals surface area contributed by atoms with Gasteiger partial charge >= 0.3 is 6.18 Å². The number of nitrogens with zero attached hydrogens (tertiary/aromatic N) is 5. The number of carbonyl (C=O) groups is 3. The van der Waals surface area contributed by atoms with E-state index in [9.17, 15) is 27.6 Å². The molecule has 7 aromatic carbocycles. The van der Waals surface area contributed by atoms with E-state index >= 15 is 0 Å². The number of piperazine rings is 2. The van der Waals surface area contributed by atoms with Crippen LogP contribution in [0.4, 0.5) is 13.2 Å². The first-order valence-electron chi connectivity index (χ1n) is 31.1. The van der Waals surface area contributed by atoms with Gasteiger partial charge in [-0.1, -0.05) is 222 Å². The van der Waals surface area contributed by atoms with Crippen molar-refractivity contribution in [1.82, 2.24) is 29.8 Å². The highest BCUT2D eigenvalue weighted by Gasteiger charge is 2.35. The van der Waals surface area contributed by atoms with E-state index in [2.05, 4.69) is 137 Å². The molecule has 3 amide bonds. The third-order valence-corrected chi connectivity index (χ3v) is 16.4. The Bertz CT molecular complexity index is 3110. The molecule has 0 unspecified atom stereocenters. The molecule has 2 aliphatic rings. The lowest BCUT2D eigenvalue weighted by molar-refractivity contribution is -0.145. The molecule has 2 atom stereocenters. The molecule has 7 aromatic rings. The van der Waals surface area contributed by atoms with E-state index in [1.165, 1.54) is 83.3 Å². The summed E-state index contributed by atoms with van der Waals surface area (Å²) < 4.78 is 39.4. The second-order valence-corrected chi connectivity index (χ2v) is 23.0. The maximum Gasteiger partial charge on any atom is 0.416 e. The largest absolute Gasteiger partial charge is 0.416 e. The zero-order valence-corrected chi connectivity index (χ0v) is 50.4. The van der Waals surface area contributed by atoms with Gasteiger partial charge in [-0.15, -0.1) is 0 Å². The van der Waals surface area contributed by atoms with Crippen molar-refractivity contribution < 1.29 is 27.6 Å². The first-order valence-corrected chi connectivity index (χ1v) is 31.1. The van der Waals surface area contributed by atoms with Gasteiger partial charge in [0.1, 0.15) is 6.04 Å². The number of hydrogen-bond acceptors (Lipinski definition) is 6. The van der Waals surface area contributed by atoms with Gasteiger partial charge in [-0.2, -0.15) is 13.2 Å². The molecule has 12 heteroatoms. The van der Waals surface area contributed by atoms with E-state index in [4.69, 9.17) is 0 Å². The minimum Gasteiger partial charge on any atom is -0.339 e. The molecule has 0 aliphatic carbocycles. The zero-order chi connectivity index (χ0) is 60.4. The highest BCUT2D eigenvalue weighted by atomic mass is 19.4. The van der Waals surface area contributed by atoms with Crippen molar-refractivity contribution in [3.8, 4) is 0 Å². The highest BCUT2D eigenvalue weighted by Crippen LogP contribution is 2.29. The van der Waals surface area contributed by atoms with Crippen molar-refractivity contribution in [2.75, 3.05) is 52.4 Å². The lowest BCUT2D eigenvalue weighted by Gasteiger charge is -2.39. The Morgan fingerprint density at radius 1 is 0.477 bits per heavy atom. The fraction of sp³-hybridized carbons (Fsp3) is 0.365. The number of amides is 3. The van der Waals surface area contributed by atoms with Crippen LogP contribution in [0.15, 0.2) is 200 Å². The molecule has 9 rings (SSSR count). The molecular formula is C74H87F3N6O3.